The van der Waals surface area contributed by atoms with E-state index in [1.54, 1.807) is 22.1 Å². The first kappa shape index (κ1) is 20.2. The first-order chi connectivity index (χ1) is 14.9. The second-order valence-corrected chi connectivity index (χ2v) is 10.2. The average Bonchev–Trinajstić information content (AvgIpc) is 3.42. The van der Waals surface area contributed by atoms with E-state index in [2.05, 4.69) is 34.1 Å². The fraction of sp³-hybridized carbons (Fsp3) is 0.348. The molecule has 5 rings (SSSR count). The van der Waals surface area contributed by atoms with Crippen LogP contribution in [-0.2, 0) is 17.1 Å². The Morgan fingerprint density at radius 2 is 1.87 bits per heavy atom. The fourth-order valence-corrected chi connectivity index (χ4v) is 6.77. The molecule has 2 aromatic carbocycles. The molecule has 3 heterocycles. The summed E-state index contributed by atoms with van der Waals surface area (Å²) in [6.45, 7) is 0.391. The summed E-state index contributed by atoms with van der Waals surface area (Å²) in [4.78, 5) is 6.22. The number of nitrogens with zero attached hydrogens (tertiary/aromatic N) is 4. The van der Waals surface area contributed by atoms with Crippen LogP contribution in [0.2, 0.25) is 0 Å². The third-order valence-electron chi connectivity index (χ3n) is 6.66. The molecule has 1 saturated heterocycles. The quantitative estimate of drug-likeness (QED) is 0.678. The molecule has 162 valence electrons. The van der Waals surface area contributed by atoms with Crippen molar-refractivity contribution in [3.63, 3.8) is 0 Å². The molecular weight excluding hydrogens is 412 g/mol. The van der Waals surface area contributed by atoms with Crippen molar-refractivity contribution in [2.75, 3.05) is 25.1 Å². The Labute approximate surface area is 182 Å². The standard InChI is InChI=1S/C23H26N4O3S/c1-25-13-22(24-15-25)31(29,30)27-11-10-18-21(14-28)26(2)20-9-8-17(12-19(20)23(18)27)16-6-4-3-5-7-16/h3-9,12-13,15,18,21,23,28H,10-11,14H2,1-2H3/t18-,21-,23-/m0/s1. The molecule has 0 bridgehead atoms. The number of aromatic nitrogens is 2. The number of sulfonamides is 1. The number of fused-ring (bicyclic) bond motifs is 3. The molecule has 2 aliphatic rings. The van der Waals surface area contributed by atoms with E-state index in [1.165, 1.54) is 6.33 Å². The highest BCUT2D eigenvalue weighted by Crippen LogP contribution is 2.50. The van der Waals surface area contributed by atoms with Crippen molar-refractivity contribution < 1.29 is 13.5 Å². The fourth-order valence-electron chi connectivity index (χ4n) is 5.13. The lowest BCUT2D eigenvalue weighted by Gasteiger charge is -2.44. The molecule has 1 aromatic heterocycles. The second-order valence-electron chi connectivity index (χ2n) is 8.39. The summed E-state index contributed by atoms with van der Waals surface area (Å²) in [6.07, 6.45) is 3.75. The number of aliphatic hydroxyl groups is 1. The van der Waals surface area contributed by atoms with E-state index in [9.17, 15) is 13.5 Å². The van der Waals surface area contributed by atoms with Crippen LogP contribution >= 0.6 is 0 Å². The molecular formula is C23H26N4O3S. The van der Waals surface area contributed by atoms with E-state index in [-0.39, 0.29) is 29.6 Å². The van der Waals surface area contributed by atoms with Gasteiger partial charge in [-0.05, 0) is 35.2 Å². The minimum absolute atomic E-state index is 0.00649. The Bertz CT molecular complexity index is 1210. The third kappa shape index (κ3) is 3.17. The Morgan fingerprint density at radius 1 is 1.10 bits per heavy atom. The molecule has 0 unspecified atom stereocenters. The van der Waals surface area contributed by atoms with Crippen molar-refractivity contribution in [1.29, 1.82) is 0 Å². The smallest absolute Gasteiger partial charge is 0.262 e. The molecule has 1 N–H and O–H groups in total. The molecule has 2 aliphatic heterocycles. The van der Waals surface area contributed by atoms with Gasteiger partial charge < -0.3 is 14.6 Å². The molecule has 3 atom stereocenters. The molecule has 31 heavy (non-hydrogen) atoms. The van der Waals surface area contributed by atoms with Crippen LogP contribution in [0.3, 0.4) is 0 Å². The van der Waals surface area contributed by atoms with Crippen molar-refractivity contribution in [3.8, 4) is 11.1 Å². The van der Waals surface area contributed by atoms with Gasteiger partial charge in [0.2, 0.25) is 0 Å². The largest absolute Gasteiger partial charge is 0.394 e. The van der Waals surface area contributed by atoms with Gasteiger partial charge >= 0.3 is 0 Å². The number of benzene rings is 2. The van der Waals surface area contributed by atoms with Crippen LogP contribution in [0.15, 0.2) is 66.1 Å². The Kier molecular flexibility index (Phi) is 4.88. The van der Waals surface area contributed by atoms with Gasteiger partial charge in [-0.2, -0.15) is 4.31 Å². The van der Waals surface area contributed by atoms with Crippen LogP contribution in [0.5, 0.6) is 0 Å². The van der Waals surface area contributed by atoms with Crippen molar-refractivity contribution in [3.05, 3.63) is 66.6 Å². The van der Waals surface area contributed by atoms with Crippen molar-refractivity contribution in [2.24, 2.45) is 13.0 Å². The number of rotatable bonds is 4. The number of aliphatic hydroxyl groups excluding tert-OH is 1. The SMILES string of the molecule is CN1c2ccc(-c3ccccc3)cc2[C@@H]2[C@@H](CCN2S(=O)(=O)c2cn(C)cn2)[C@@H]1CO. The van der Waals surface area contributed by atoms with Crippen LogP contribution in [0, 0.1) is 5.92 Å². The Balaban J connectivity index is 1.65. The van der Waals surface area contributed by atoms with Crippen molar-refractivity contribution in [1.82, 2.24) is 13.9 Å². The van der Waals surface area contributed by atoms with Gasteiger partial charge in [-0.1, -0.05) is 36.4 Å². The molecule has 0 saturated carbocycles. The van der Waals surface area contributed by atoms with Gasteiger partial charge in [0.05, 0.1) is 25.0 Å². The zero-order chi connectivity index (χ0) is 21.8. The van der Waals surface area contributed by atoms with Crippen LogP contribution in [0.1, 0.15) is 18.0 Å². The second kappa shape index (κ2) is 7.47. The molecule has 0 spiro atoms. The molecule has 7 nitrogen and oxygen atoms in total. The third-order valence-corrected chi connectivity index (χ3v) is 8.43. The maximum atomic E-state index is 13.5. The monoisotopic (exact) mass is 438 g/mol. The van der Waals surface area contributed by atoms with E-state index in [0.717, 1.165) is 22.4 Å². The predicted molar refractivity (Wildman–Crippen MR) is 119 cm³/mol. The topological polar surface area (TPSA) is 78.7 Å². The molecule has 1 fully saturated rings. The lowest BCUT2D eigenvalue weighted by Crippen LogP contribution is -2.48. The lowest BCUT2D eigenvalue weighted by atomic mass is 9.81. The van der Waals surface area contributed by atoms with Gasteiger partial charge in [0.25, 0.3) is 10.0 Å². The minimum atomic E-state index is -3.76. The first-order valence-electron chi connectivity index (χ1n) is 10.4. The van der Waals surface area contributed by atoms with Crippen LogP contribution in [0.4, 0.5) is 5.69 Å². The minimum Gasteiger partial charge on any atom is -0.394 e. The molecule has 0 amide bonds. The van der Waals surface area contributed by atoms with Gasteiger partial charge in [-0.15, -0.1) is 0 Å². The summed E-state index contributed by atoms with van der Waals surface area (Å²) >= 11 is 0. The number of likely N-dealkylation sites (N-methyl/N-ethyl adjacent to an activating group) is 1. The highest BCUT2D eigenvalue weighted by molar-refractivity contribution is 7.89. The number of aryl methyl sites for hydroxylation is 1. The van der Waals surface area contributed by atoms with Crippen LogP contribution < -0.4 is 4.90 Å². The predicted octanol–water partition coefficient (Wildman–Crippen LogP) is 2.65. The summed E-state index contributed by atoms with van der Waals surface area (Å²) in [5, 5.41) is 10.2. The van der Waals surface area contributed by atoms with E-state index in [0.29, 0.717) is 13.0 Å². The molecule has 3 aromatic rings. The summed E-state index contributed by atoms with van der Waals surface area (Å²) < 4.78 is 30.3. The average molecular weight is 439 g/mol. The van der Waals surface area contributed by atoms with Crippen LogP contribution in [0.25, 0.3) is 11.1 Å². The van der Waals surface area contributed by atoms with Gasteiger partial charge in [-0.3, -0.25) is 0 Å². The highest BCUT2D eigenvalue weighted by Gasteiger charge is 2.50. The number of hydrogen-bond acceptors (Lipinski definition) is 5. The number of imidazole rings is 1. The molecule has 0 radical (unpaired) electrons. The van der Waals surface area contributed by atoms with Crippen molar-refractivity contribution >= 4 is 15.7 Å². The van der Waals surface area contributed by atoms with Gasteiger partial charge in [0.15, 0.2) is 5.03 Å². The highest BCUT2D eigenvalue weighted by atomic mass is 32.2. The van der Waals surface area contributed by atoms with Crippen molar-refractivity contribution in [2.45, 2.75) is 23.5 Å². The van der Waals surface area contributed by atoms with Gasteiger partial charge in [-0.25, -0.2) is 13.4 Å². The van der Waals surface area contributed by atoms with E-state index < -0.39 is 10.0 Å². The Morgan fingerprint density at radius 3 is 2.55 bits per heavy atom. The van der Waals surface area contributed by atoms with E-state index in [1.807, 2.05) is 31.3 Å². The normalized spacial score (nSPS) is 23.6. The van der Waals surface area contributed by atoms with E-state index in [4.69, 9.17) is 0 Å². The lowest BCUT2D eigenvalue weighted by molar-refractivity contribution is 0.193. The summed E-state index contributed by atoms with van der Waals surface area (Å²) in [5.74, 6) is 0.00649. The van der Waals surface area contributed by atoms with Gasteiger partial charge in [0.1, 0.15) is 0 Å². The van der Waals surface area contributed by atoms with Crippen LogP contribution in [-0.4, -0.2) is 53.6 Å². The zero-order valence-corrected chi connectivity index (χ0v) is 18.4. The first-order valence-corrected chi connectivity index (χ1v) is 11.9. The number of anilines is 1. The zero-order valence-electron chi connectivity index (χ0n) is 17.6. The number of hydrogen-bond donors (Lipinski definition) is 1. The summed E-state index contributed by atoms with van der Waals surface area (Å²) in [7, 11) is -0.0146. The van der Waals surface area contributed by atoms with E-state index >= 15 is 0 Å². The molecule has 8 heteroatoms. The van der Waals surface area contributed by atoms with Gasteiger partial charge in [0, 0.05) is 38.4 Å². The Hall–Kier alpha value is -2.68. The summed E-state index contributed by atoms with van der Waals surface area (Å²) in [6, 6.07) is 15.8. The molecule has 0 aliphatic carbocycles. The maximum absolute atomic E-state index is 13.5. The maximum Gasteiger partial charge on any atom is 0.262 e. The summed E-state index contributed by atoms with van der Waals surface area (Å²) in [5.41, 5.74) is 4.08.